The third-order valence-electron chi connectivity index (χ3n) is 4.41. The Morgan fingerprint density at radius 3 is 2.17 bits per heavy atom. The number of methoxy groups -OCH3 is 3. The van der Waals surface area contributed by atoms with Crippen molar-refractivity contribution in [3.63, 3.8) is 0 Å². The van der Waals surface area contributed by atoms with Crippen molar-refractivity contribution in [2.75, 3.05) is 67.8 Å². The number of rotatable bonds is 8. The number of hydrogen-bond donors (Lipinski definition) is 0. The highest BCUT2D eigenvalue weighted by Gasteiger charge is 2.23. The standard InChI is InChI=1S/C19H26N2O8/c1-20(11-17(22)21-5-7-28-8-6-21)18(23)12-29-19(24)13-9-15(26-3)16(27-4)10-14(13)25-2/h9-10H,5-8,11-12H2,1-4H3. The molecule has 0 aromatic heterocycles. The molecule has 1 aliphatic heterocycles. The van der Waals surface area contributed by atoms with E-state index in [4.69, 9.17) is 23.7 Å². The topological polar surface area (TPSA) is 104 Å². The zero-order valence-electron chi connectivity index (χ0n) is 17.1. The molecule has 1 aliphatic rings. The number of ether oxygens (including phenoxy) is 5. The molecule has 29 heavy (non-hydrogen) atoms. The molecule has 0 bridgehead atoms. The lowest BCUT2D eigenvalue weighted by Crippen LogP contribution is -2.46. The second-order valence-electron chi connectivity index (χ2n) is 6.23. The monoisotopic (exact) mass is 410 g/mol. The van der Waals surface area contributed by atoms with E-state index in [0.717, 1.165) is 0 Å². The van der Waals surface area contributed by atoms with Crippen LogP contribution in [0.15, 0.2) is 12.1 Å². The predicted molar refractivity (Wildman–Crippen MR) is 101 cm³/mol. The van der Waals surface area contributed by atoms with Gasteiger partial charge in [0, 0.05) is 32.3 Å². The van der Waals surface area contributed by atoms with Gasteiger partial charge in [0.15, 0.2) is 18.1 Å². The van der Waals surface area contributed by atoms with Crippen LogP contribution in [0.2, 0.25) is 0 Å². The molecule has 0 spiro atoms. The van der Waals surface area contributed by atoms with Crippen LogP contribution in [0.4, 0.5) is 0 Å². The maximum Gasteiger partial charge on any atom is 0.342 e. The number of likely N-dealkylation sites (N-methyl/N-ethyl adjacent to an activating group) is 1. The van der Waals surface area contributed by atoms with E-state index in [9.17, 15) is 14.4 Å². The van der Waals surface area contributed by atoms with Crippen LogP contribution in [0.3, 0.4) is 0 Å². The van der Waals surface area contributed by atoms with Crippen LogP contribution in [0.5, 0.6) is 17.2 Å². The number of morpholine rings is 1. The molecule has 10 heteroatoms. The van der Waals surface area contributed by atoms with Crippen molar-refractivity contribution in [1.29, 1.82) is 0 Å². The summed E-state index contributed by atoms with van der Waals surface area (Å²) in [4.78, 5) is 39.7. The molecule has 10 nitrogen and oxygen atoms in total. The van der Waals surface area contributed by atoms with Gasteiger partial charge in [-0.15, -0.1) is 0 Å². The Balaban J connectivity index is 1.95. The van der Waals surface area contributed by atoms with E-state index in [1.807, 2.05) is 0 Å². The lowest BCUT2D eigenvalue weighted by atomic mass is 10.1. The fraction of sp³-hybridized carbons (Fsp3) is 0.526. The first-order chi connectivity index (χ1) is 13.9. The molecule has 1 fully saturated rings. The summed E-state index contributed by atoms with van der Waals surface area (Å²) in [5.74, 6) is -0.519. The minimum absolute atomic E-state index is 0.0880. The van der Waals surface area contributed by atoms with E-state index >= 15 is 0 Å². The normalized spacial score (nSPS) is 13.4. The van der Waals surface area contributed by atoms with Gasteiger partial charge in [0.05, 0.1) is 41.1 Å². The zero-order valence-corrected chi connectivity index (χ0v) is 17.1. The van der Waals surface area contributed by atoms with Crippen LogP contribution >= 0.6 is 0 Å². The first kappa shape index (κ1) is 22.3. The maximum absolute atomic E-state index is 12.4. The molecular weight excluding hydrogens is 384 g/mol. The van der Waals surface area contributed by atoms with E-state index in [2.05, 4.69) is 0 Å². The average molecular weight is 410 g/mol. The molecule has 0 aliphatic carbocycles. The van der Waals surface area contributed by atoms with Crippen LogP contribution in [-0.4, -0.2) is 95.4 Å². The second kappa shape index (κ2) is 10.5. The van der Waals surface area contributed by atoms with Crippen molar-refractivity contribution < 1.29 is 38.1 Å². The summed E-state index contributed by atoms with van der Waals surface area (Å²) < 4.78 is 25.8. The predicted octanol–water partition coefficient (Wildman–Crippen LogP) is 0.186. The lowest BCUT2D eigenvalue weighted by Gasteiger charge is -2.28. The van der Waals surface area contributed by atoms with Crippen LogP contribution in [0.1, 0.15) is 10.4 Å². The van der Waals surface area contributed by atoms with Crippen LogP contribution in [-0.2, 0) is 19.1 Å². The van der Waals surface area contributed by atoms with Crippen LogP contribution in [0.25, 0.3) is 0 Å². The zero-order chi connectivity index (χ0) is 21.4. The summed E-state index contributed by atoms with van der Waals surface area (Å²) in [5, 5.41) is 0. The second-order valence-corrected chi connectivity index (χ2v) is 6.23. The van der Waals surface area contributed by atoms with Crippen LogP contribution in [0, 0.1) is 0 Å². The van der Waals surface area contributed by atoms with Gasteiger partial charge in [-0.1, -0.05) is 0 Å². The van der Waals surface area contributed by atoms with Gasteiger partial charge in [-0.05, 0) is 0 Å². The minimum Gasteiger partial charge on any atom is -0.496 e. The molecule has 0 radical (unpaired) electrons. The highest BCUT2D eigenvalue weighted by atomic mass is 16.5. The summed E-state index contributed by atoms with van der Waals surface area (Å²) in [6.45, 7) is 1.34. The molecule has 1 heterocycles. The van der Waals surface area contributed by atoms with Crippen molar-refractivity contribution >= 4 is 17.8 Å². The first-order valence-corrected chi connectivity index (χ1v) is 8.97. The minimum atomic E-state index is -0.760. The summed E-state index contributed by atoms with van der Waals surface area (Å²) >= 11 is 0. The Morgan fingerprint density at radius 2 is 1.59 bits per heavy atom. The summed E-state index contributed by atoms with van der Waals surface area (Å²) in [6, 6.07) is 2.90. The van der Waals surface area contributed by atoms with Gasteiger partial charge in [0.25, 0.3) is 5.91 Å². The third kappa shape index (κ3) is 5.74. The molecule has 1 aromatic rings. The van der Waals surface area contributed by atoms with Crippen molar-refractivity contribution in [2.24, 2.45) is 0 Å². The van der Waals surface area contributed by atoms with E-state index in [-0.39, 0.29) is 23.8 Å². The fourth-order valence-corrected chi connectivity index (χ4v) is 2.71. The Kier molecular flexibility index (Phi) is 8.08. The number of benzene rings is 1. The molecule has 160 valence electrons. The molecule has 0 unspecified atom stereocenters. The summed E-state index contributed by atoms with van der Waals surface area (Å²) in [5.41, 5.74) is 0.0880. The number of nitrogens with zero attached hydrogens (tertiary/aromatic N) is 2. The van der Waals surface area contributed by atoms with E-state index in [0.29, 0.717) is 37.8 Å². The molecule has 1 saturated heterocycles. The van der Waals surface area contributed by atoms with Gasteiger partial charge in [-0.2, -0.15) is 0 Å². The van der Waals surface area contributed by atoms with Crippen molar-refractivity contribution in [2.45, 2.75) is 0 Å². The van der Waals surface area contributed by atoms with Crippen molar-refractivity contribution in [1.82, 2.24) is 9.80 Å². The van der Waals surface area contributed by atoms with Gasteiger partial charge in [-0.3, -0.25) is 9.59 Å². The molecule has 0 N–H and O–H groups in total. The number of carbonyl (C=O) groups is 3. The Labute approximate surface area is 169 Å². The van der Waals surface area contributed by atoms with E-state index < -0.39 is 18.5 Å². The van der Waals surface area contributed by atoms with Gasteiger partial charge in [-0.25, -0.2) is 4.79 Å². The Hall–Kier alpha value is -3.01. The van der Waals surface area contributed by atoms with Gasteiger partial charge < -0.3 is 33.5 Å². The lowest BCUT2D eigenvalue weighted by molar-refractivity contribution is -0.143. The van der Waals surface area contributed by atoms with Gasteiger partial charge >= 0.3 is 5.97 Å². The first-order valence-electron chi connectivity index (χ1n) is 8.97. The number of carbonyl (C=O) groups excluding carboxylic acids is 3. The smallest absolute Gasteiger partial charge is 0.342 e. The third-order valence-corrected chi connectivity index (χ3v) is 4.41. The van der Waals surface area contributed by atoms with E-state index in [1.165, 1.54) is 45.4 Å². The molecule has 0 saturated carbocycles. The largest absolute Gasteiger partial charge is 0.496 e. The highest BCUT2D eigenvalue weighted by Crippen LogP contribution is 2.34. The number of esters is 1. The maximum atomic E-state index is 12.4. The molecule has 2 amide bonds. The molecule has 0 atom stereocenters. The molecule has 1 aromatic carbocycles. The fourth-order valence-electron chi connectivity index (χ4n) is 2.71. The molecular formula is C19H26N2O8. The summed E-state index contributed by atoms with van der Waals surface area (Å²) in [6.07, 6.45) is 0. The van der Waals surface area contributed by atoms with Gasteiger partial charge in [0.2, 0.25) is 5.91 Å². The number of amides is 2. The van der Waals surface area contributed by atoms with Crippen molar-refractivity contribution in [3.05, 3.63) is 17.7 Å². The highest BCUT2D eigenvalue weighted by molar-refractivity contribution is 5.95. The summed E-state index contributed by atoms with van der Waals surface area (Å²) in [7, 11) is 5.77. The SMILES string of the molecule is COc1cc(OC)c(C(=O)OCC(=O)N(C)CC(=O)N2CCOCC2)cc1OC. The van der Waals surface area contributed by atoms with Crippen molar-refractivity contribution in [3.8, 4) is 17.2 Å². The average Bonchev–Trinajstić information content (AvgIpc) is 2.76. The van der Waals surface area contributed by atoms with E-state index in [1.54, 1.807) is 4.90 Å². The number of hydrogen-bond acceptors (Lipinski definition) is 8. The quantitative estimate of drug-likeness (QED) is 0.560. The Bertz CT molecular complexity index is 746. The van der Waals surface area contributed by atoms with Gasteiger partial charge in [0.1, 0.15) is 11.3 Å². The van der Waals surface area contributed by atoms with Crippen LogP contribution < -0.4 is 14.2 Å². The Morgan fingerprint density at radius 1 is 1.00 bits per heavy atom. The molecule has 2 rings (SSSR count).